The molecule has 13 heavy (non-hydrogen) atoms. The van der Waals surface area contributed by atoms with Gasteiger partial charge in [-0.2, -0.15) is 0 Å². The first kappa shape index (κ1) is 12.7. The summed E-state index contributed by atoms with van der Waals surface area (Å²) >= 11 is 0. The van der Waals surface area contributed by atoms with E-state index in [9.17, 15) is 0 Å². The smallest absolute Gasteiger partial charge is 0.0234 e. The molecule has 0 saturated heterocycles. The van der Waals surface area contributed by atoms with Gasteiger partial charge in [0.05, 0.1) is 0 Å². The van der Waals surface area contributed by atoms with E-state index in [1.807, 2.05) is 0 Å². The molecule has 0 saturated carbocycles. The Kier molecular flexibility index (Phi) is 8.18. The van der Waals surface area contributed by atoms with Crippen LogP contribution in [-0.2, 0) is 0 Å². The Labute approximate surface area is 84.4 Å². The van der Waals surface area contributed by atoms with Gasteiger partial charge >= 0.3 is 0 Å². The standard InChI is InChI=1S/C13H26/c1-5-7-9-11-13(4)12(3)10-8-6-2/h10,13H,5-9,11H2,1-4H3/b12-10+. The van der Waals surface area contributed by atoms with Gasteiger partial charge in [-0.3, -0.25) is 0 Å². The van der Waals surface area contributed by atoms with Gasteiger partial charge in [0.15, 0.2) is 0 Å². The van der Waals surface area contributed by atoms with Crippen molar-refractivity contribution in [2.45, 2.75) is 66.2 Å². The molecule has 0 aromatic rings. The monoisotopic (exact) mass is 182 g/mol. The van der Waals surface area contributed by atoms with E-state index in [-0.39, 0.29) is 0 Å². The van der Waals surface area contributed by atoms with Gasteiger partial charge in [0.25, 0.3) is 0 Å². The van der Waals surface area contributed by atoms with E-state index in [1.165, 1.54) is 38.5 Å². The van der Waals surface area contributed by atoms with Crippen LogP contribution in [0.4, 0.5) is 0 Å². The molecule has 0 aliphatic carbocycles. The predicted molar refractivity (Wildman–Crippen MR) is 62.0 cm³/mol. The lowest BCUT2D eigenvalue weighted by Gasteiger charge is -2.11. The van der Waals surface area contributed by atoms with Gasteiger partial charge in [0, 0.05) is 0 Å². The Morgan fingerprint density at radius 1 is 1.15 bits per heavy atom. The van der Waals surface area contributed by atoms with Crippen molar-refractivity contribution in [3.8, 4) is 0 Å². The van der Waals surface area contributed by atoms with Gasteiger partial charge in [-0.05, 0) is 25.7 Å². The van der Waals surface area contributed by atoms with Crippen LogP contribution in [0.2, 0.25) is 0 Å². The Balaban J connectivity index is 3.61. The van der Waals surface area contributed by atoms with Crippen LogP contribution in [0.3, 0.4) is 0 Å². The van der Waals surface area contributed by atoms with Crippen molar-refractivity contribution in [2.24, 2.45) is 5.92 Å². The van der Waals surface area contributed by atoms with Crippen molar-refractivity contribution >= 4 is 0 Å². The first-order valence-corrected chi connectivity index (χ1v) is 5.89. The van der Waals surface area contributed by atoms with Gasteiger partial charge in [0.2, 0.25) is 0 Å². The zero-order valence-electron chi connectivity index (χ0n) is 9.90. The molecule has 1 atom stereocenters. The molecule has 0 aliphatic heterocycles. The first-order chi connectivity index (χ1) is 6.22. The van der Waals surface area contributed by atoms with Crippen LogP contribution in [0, 0.1) is 5.92 Å². The molecule has 1 unspecified atom stereocenters. The van der Waals surface area contributed by atoms with E-state index in [0.717, 1.165) is 5.92 Å². The fraction of sp³-hybridized carbons (Fsp3) is 0.846. The minimum absolute atomic E-state index is 0.804. The fourth-order valence-electron chi connectivity index (χ4n) is 1.50. The highest BCUT2D eigenvalue weighted by molar-refractivity contribution is 5.01. The van der Waals surface area contributed by atoms with E-state index in [1.54, 1.807) is 5.57 Å². The third kappa shape index (κ3) is 6.86. The zero-order valence-corrected chi connectivity index (χ0v) is 9.90. The van der Waals surface area contributed by atoms with Crippen molar-refractivity contribution < 1.29 is 0 Å². The molecule has 0 heteroatoms. The summed E-state index contributed by atoms with van der Waals surface area (Å²) in [6.45, 7) is 9.15. The number of allylic oxidation sites excluding steroid dienone is 2. The summed E-state index contributed by atoms with van der Waals surface area (Å²) < 4.78 is 0. The molecule has 0 bridgehead atoms. The summed E-state index contributed by atoms with van der Waals surface area (Å²) in [4.78, 5) is 0. The average molecular weight is 182 g/mol. The highest BCUT2D eigenvalue weighted by Crippen LogP contribution is 2.18. The van der Waals surface area contributed by atoms with Crippen LogP contribution in [0.1, 0.15) is 66.2 Å². The van der Waals surface area contributed by atoms with Gasteiger partial charge in [-0.15, -0.1) is 0 Å². The Hall–Kier alpha value is -0.260. The second kappa shape index (κ2) is 8.34. The lowest BCUT2D eigenvalue weighted by molar-refractivity contribution is 0.552. The van der Waals surface area contributed by atoms with Crippen molar-refractivity contribution in [3.63, 3.8) is 0 Å². The van der Waals surface area contributed by atoms with Gasteiger partial charge in [-0.25, -0.2) is 0 Å². The van der Waals surface area contributed by atoms with Gasteiger partial charge < -0.3 is 0 Å². The number of rotatable bonds is 7. The molecule has 0 heterocycles. The molecule has 0 fully saturated rings. The third-order valence-corrected chi connectivity index (χ3v) is 2.77. The van der Waals surface area contributed by atoms with Crippen LogP contribution in [0.25, 0.3) is 0 Å². The topological polar surface area (TPSA) is 0 Å². The molecule has 0 radical (unpaired) electrons. The van der Waals surface area contributed by atoms with Crippen LogP contribution in [0.5, 0.6) is 0 Å². The van der Waals surface area contributed by atoms with Crippen LogP contribution < -0.4 is 0 Å². The van der Waals surface area contributed by atoms with E-state index in [2.05, 4.69) is 33.8 Å². The molecule has 0 aliphatic rings. The summed E-state index contributed by atoms with van der Waals surface area (Å²) in [5.41, 5.74) is 1.60. The van der Waals surface area contributed by atoms with Gasteiger partial charge in [-0.1, -0.05) is 58.1 Å². The number of hydrogen-bond donors (Lipinski definition) is 0. The predicted octanol–water partition coefficient (Wildman–Crippen LogP) is 4.95. The van der Waals surface area contributed by atoms with E-state index >= 15 is 0 Å². The summed E-state index contributed by atoms with van der Waals surface area (Å²) in [5.74, 6) is 0.804. The van der Waals surface area contributed by atoms with Crippen LogP contribution in [-0.4, -0.2) is 0 Å². The quantitative estimate of drug-likeness (QED) is 0.386. The number of hydrogen-bond acceptors (Lipinski definition) is 0. The molecular weight excluding hydrogens is 156 g/mol. The molecular formula is C13H26. The summed E-state index contributed by atoms with van der Waals surface area (Å²) in [6.07, 6.45) is 10.4. The third-order valence-electron chi connectivity index (χ3n) is 2.77. The average Bonchev–Trinajstić information content (AvgIpc) is 2.14. The Morgan fingerprint density at radius 3 is 2.38 bits per heavy atom. The Bertz CT molecular complexity index is 133. The van der Waals surface area contributed by atoms with Crippen molar-refractivity contribution in [3.05, 3.63) is 11.6 Å². The molecule has 0 amide bonds. The summed E-state index contributed by atoms with van der Waals surface area (Å²) in [5, 5.41) is 0. The first-order valence-electron chi connectivity index (χ1n) is 5.89. The van der Waals surface area contributed by atoms with Crippen molar-refractivity contribution in [1.29, 1.82) is 0 Å². The SMILES string of the molecule is CCC/C=C(\C)C(C)CCCCC. The lowest BCUT2D eigenvalue weighted by atomic mass is 9.95. The second-order valence-electron chi connectivity index (χ2n) is 4.13. The summed E-state index contributed by atoms with van der Waals surface area (Å²) in [6, 6.07) is 0. The maximum Gasteiger partial charge on any atom is -0.0234 e. The van der Waals surface area contributed by atoms with E-state index in [0.29, 0.717) is 0 Å². The van der Waals surface area contributed by atoms with Crippen molar-refractivity contribution in [2.75, 3.05) is 0 Å². The molecule has 0 aromatic heterocycles. The maximum absolute atomic E-state index is 2.41. The highest BCUT2D eigenvalue weighted by Gasteiger charge is 2.02. The maximum atomic E-state index is 2.41. The molecule has 0 spiro atoms. The molecule has 0 nitrogen and oxygen atoms in total. The second-order valence-corrected chi connectivity index (χ2v) is 4.13. The molecule has 78 valence electrons. The van der Waals surface area contributed by atoms with Crippen molar-refractivity contribution in [1.82, 2.24) is 0 Å². The van der Waals surface area contributed by atoms with Crippen LogP contribution >= 0.6 is 0 Å². The normalized spacial score (nSPS) is 14.6. The highest BCUT2D eigenvalue weighted by atomic mass is 14.1. The number of unbranched alkanes of at least 4 members (excludes halogenated alkanes) is 3. The molecule has 0 rings (SSSR count). The van der Waals surface area contributed by atoms with E-state index in [4.69, 9.17) is 0 Å². The minimum atomic E-state index is 0.804. The molecule has 0 aromatic carbocycles. The summed E-state index contributed by atoms with van der Waals surface area (Å²) in [7, 11) is 0. The molecule has 0 N–H and O–H groups in total. The fourth-order valence-corrected chi connectivity index (χ4v) is 1.50. The van der Waals surface area contributed by atoms with Crippen LogP contribution in [0.15, 0.2) is 11.6 Å². The Morgan fingerprint density at radius 2 is 1.85 bits per heavy atom. The lowest BCUT2D eigenvalue weighted by Crippen LogP contribution is -1.96. The zero-order chi connectivity index (χ0) is 10.1. The largest absolute Gasteiger partial charge is 0.0854 e. The van der Waals surface area contributed by atoms with E-state index < -0.39 is 0 Å². The minimum Gasteiger partial charge on any atom is -0.0854 e. The van der Waals surface area contributed by atoms with Gasteiger partial charge in [0.1, 0.15) is 0 Å².